The van der Waals surface area contributed by atoms with Crippen molar-refractivity contribution in [1.82, 2.24) is 0 Å². The molecule has 6 heteroatoms. The van der Waals surface area contributed by atoms with Gasteiger partial charge in [-0.25, -0.2) is 0 Å². The van der Waals surface area contributed by atoms with Crippen molar-refractivity contribution in [1.29, 1.82) is 0 Å². The topological polar surface area (TPSA) is 65.0 Å². The highest BCUT2D eigenvalue weighted by atomic mass is 32.2. The maximum Gasteiger partial charge on any atom is 0.282 e. The lowest BCUT2D eigenvalue weighted by molar-refractivity contribution is 0.394. The number of rotatable bonds is 5. The van der Waals surface area contributed by atoms with Gasteiger partial charge < -0.3 is 9.47 Å². The van der Waals surface area contributed by atoms with Gasteiger partial charge in [0.1, 0.15) is 11.5 Å². The van der Waals surface area contributed by atoms with Gasteiger partial charge in [-0.2, -0.15) is 12.8 Å². The van der Waals surface area contributed by atoms with Crippen molar-refractivity contribution < 1.29 is 17.9 Å². The Hall–Kier alpha value is -2.34. The quantitative estimate of drug-likeness (QED) is 0.796. The molecule has 110 valence electrons. The summed E-state index contributed by atoms with van der Waals surface area (Å²) in [5.74, 6) is 1.11. The van der Waals surface area contributed by atoms with Crippen LogP contribution in [-0.4, -0.2) is 28.9 Å². The van der Waals surface area contributed by atoms with Gasteiger partial charge in [0.2, 0.25) is 0 Å². The molecule has 2 aromatic rings. The van der Waals surface area contributed by atoms with Crippen LogP contribution in [0.25, 0.3) is 0 Å². The highest BCUT2D eigenvalue weighted by molar-refractivity contribution is 7.90. The van der Waals surface area contributed by atoms with Crippen LogP contribution in [0.4, 0.5) is 0 Å². The molecule has 0 heterocycles. The molecule has 0 aliphatic rings. The summed E-state index contributed by atoms with van der Waals surface area (Å²) in [6.07, 6.45) is 1.26. The Kier molecular flexibility index (Phi) is 4.59. The SMILES string of the molecule is COc1ccc(C=NS(=O)(=O)c2ccccc2)c(OC)c1. The minimum absolute atomic E-state index is 0.147. The van der Waals surface area contributed by atoms with Gasteiger partial charge in [0, 0.05) is 11.6 Å². The van der Waals surface area contributed by atoms with E-state index >= 15 is 0 Å². The second-order valence-electron chi connectivity index (χ2n) is 4.13. The number of hydrogen-bond acceptors (Lipinski definition) is 4. The first-order valence-corrected chi connectivity index (χ1v) is 7.58. The van der Waals surface area contributed by atoms with E-state index in [4.69, 9.17) is 9.47 Å². The molecule has 0 N–H and O–H groups in total. The van der Waals surface area contributed by atoms with E-state index in [0.29, 0.717) is 17.1 Å². The summed E-state index contributed by atoms with van der Waals surface area (Å²) >= 11 is 0. The van der Waals surface area contributed by atoms with E-state index < -0.39 is 10.0 Å². The average molecular weight is 305 g/mol. The molecular weight excluding hydrogens is 290 g/mol. The monoisotopic (exact) mass is 305 g/mol. The first-order chi connectivity index (χ1) is 10.1. The molecule has 0 unspecified atom stereocenters. The van der Waals surface area contributed by atoms with Crippen LogP contribution >= 0.6 is 0 Å². The molecule has 2 rings (SSSR count). The van der Waals surface area contributed by atoms with Crippen molar-refractivity contribution in [3.8, 4) is 11.5 Å². The first-order valence-electron chi connectivity index (χ1n) is 6.14. The first kappa shape index (κ1) is 15.1. The van der Waals surface area contributed by atoms with E-state index in [-0.39, 0.29) is 4.90 Å². The van der Waals surface area contributed by atoms with Crippen LogP contribution < -0.4 is 9.47 Å². The second-order valence-corrected chi connectivity index (χ2v) is 5.76. The van der Waals surface area contributed by atoms with Crippen molar-refractivity contribution in [3.63, 3.8) is 0 Å². The maximum atomic E-state index is 12.1. The minimum atomic E-state index is -3.72. The molecule has 5 nitrogen and oxygen atoms in total. The minimum Gasteiger partial charge on any atom is -0.497 e. The average Bonchev–Trinajstić information content (AvgIpc) is 2.53. The third kappa shape index (κ3) is 3.61. The van der Waals surface area contributed by atoms with Crippen molar-refractivity contribution in [2.45, 2.75) is 4.90 Å². The van der Waals surface area contributed by atoms with E-state index in [1.165, 1.54) is 25.5 Å². The Bertz CT molecular complexity index is 740. The summed E-state index contributed by atoms with van der Waals surface area (Å²) < 4.78 is 38.1. The lowest BCUT2D eigenvalue weighted by Gasteiger charge is -2.06. The molecule has 2 aromatic carbocycles. The van der Waals surface area contributed by atoms with E-state index in [1.807, 2.05) is 0 Å². The Morgan fingerprint density at radius 2 is 1.71 bits per heavy atom. The predicted molar refractivity (Wildman–Crippen MR) is 80.8 cm³/mol. The molecule has 0 saturated heterocycles. The molecule has 0 bridgehead atoms. The fraction of sp³-hybridized carbons (Fsp3) is 0.133. The van der Waals surface area contributed by atoms with Gasteiger partial charge in [-0.3, -0.25) is 0 Å². The molecular formula is C15H15NO4S. The Labute approximate surface area is 123 Å². The Morgan fingerprint density at radius 1 is 1.00 bits per heavy atom. The van der Waals surface area contributed by atoms with Gasteiger partial charge in [0.25, 0.3) is 10.0 Å². The van der Waals surface area contributed by atoms with Crippen LogP contribution in [-0.2, 0) is 10.0 Å². The number of nitrogens with zero attached hydrogens (tertiary/aromatic N) is 1. The van der Waals surface area contributed by atoms with Crippen LogP contribution in [0.1, 0.15) is 5.56 Å². The summed E-state index contributed by atoms with van der Waals surface area (Å²) in [4.78, 5) is 0.147. The number of hydrogen-bond donors (Lipinski definition) is 0. The largest absolute Gasteiger partial charge is 0.497 e. The van der Waals surface area contributed by atoms with Gasteiger partial charge in [0.05, 0.1) is 25.3 Å². The molecule has 0 atom stereocenters. The van der Waals surface area contributed by atoms with Crippen molar-refractivity contribution in [3.05, 3.63) is 54.1 Å². The molecule has 21 heavy (non-hydrogen) atoms. The lowest BCUT2D eigenvalue weighted by Crippen LogP contribution is -1.98. The highest BCUT2D eigenvalue weighted by Crippen LogP contribution is 2.23. The molecule has 0 amide bonds. The lowest BCUT2D eigenvalue weighted by atomic mass is 10.2. The zero-order chi connectivity index (χ0) is 15.3. The fourth-order valence-corrected chi connectivity index (χ4v) is 2.58. The summed E-state index contributed by atoms with van der Waals surface area (Å²) in [7, 11) is -0.675. The Morgan fingerprint density at radius 3 is 2.33 bits per heavy atom. The summed E-state index contributed by atoms with van der Waals surface area (Å²) in [6.45, 7) is 0. The van der Waals surface area contributed by atoms with Gasteiger partial charge in [-0.1, -0.05) is 18.2 Å². The zero-order valence-electron chi connectivity index (χ0n) is 11.7. The molecule has 0 fully saturated rings. The maximum absolute atomic E-state index is 12.1. The zero-order valence-corrected chi connectivity index (χ0v) is 12.5. The van der Waals surface area contributed by atoms with Gasteiger partial charge >= 0.3 is 0 Å². The van der Waals surface area contributed by atoms with Gasteiger partial charge in [-0.15, -0.1) is 0 Å². The predicted octanol–water partition coefficient (Wildman–Crippen LogP) is 2.51. The Balaban J connectivity index is 2.33. The van der Waals surface area contributed by atoms with Crippen LogP contribution in [0, 0.1) is 0 Å². The summed E-state index contributed by atoms with van der Waals surface area (Å²) in [6, 6.07) is 13.1. The second kappa shape index (κ2) is 6.41. The highest BCUT2D eigenvalue weighted by Gasteiger charge is 2.11. The molecule has 0 aliphatic carbocycles. The number of sulfonamides is 1. The van der Waals surface area contributed by atoms with Crippen LogP contribution in [0.3, 0.4) is 0 Å². The molecule has 0 saturated carbocycles. The standard InChI is InChI=1S/C15H15NO4S/c1-19-13-9-8-12(15(10-13)20-2)11-16-21(17,18)14-6-4-3-5-7-14/h3-11H,1-2H3. The van der Waals surface area contributed by atoms with E-state index in [9.17, 15) is 8.42 Å². The van der Waals surface area contributed by atoms with E-state index in [2.05, 4.69) is 4.40 Å². The molecule has 0 aliphatic heterocycles. The van der Waals surface area contributed by atoms with Crippen molar-refractivity contribution in [2.24, 2.45) is 4.40 Å². The normalized spacial score (nSPS) is 11.5. The smallest absolute Gasteiger partial charge is 0.282 e. The van der Waals surface area contributed by atoms with Crippen LogP contribution in [0.5, 0.6) is 11.5 Å². The van der Waals surface area contributed by atoms with Crippen LogP contribution in [0.15, 0.2) is 57.8 Å². The van der Waals surface area contributed by atoms with Gasteiger partial charge in [0.15, 0.2) is 0 Å². The number of ether oxygens (including phenoxy) is 2. The van der Waals surface area contributed by atoms with E-state index in [1.54, 1.807) is 43.5 Å². The summed E-state index contributed by atoms with van der Waals surface area (Å²) in [5, 5.41) is 0. The van der Waals surface area contributed by atoms with Gasteiger partial charge in [-0.05, 0) is 24.3 Å². The number of benzene rings is 2. The molecule has 0 aromatic heterocycles. The van der Waals surface area contributed by atoms with E-state index in [0.717, 1.165) is 0 Å². The fourth-order valence-electron chi connectivity index (χ4n) is 1.70. The third-order valence-electron chi connectivity index (χ3n) is 2.81. The van der Waals surface area contributed by atoms with Crippen molar-refractivity contribution >= 4 is 16.2 Å². The third-order valence-corrected chi connectivity index (χ3v) is 4.06. The summed E-state index contributed by atoms with van der Waals surface area (Å²) in [5.41, 5.74) is 0.554. The number of methoxy groups -OCH3 is 2. The van der Waals surface area contributed by atoms with Crippen molar-refractivity contribution in [2.75, 3.05) is 14.2 Å². The molecule has 0 radical (unpaired) electrons. The van der Waals surface area contributed by atoms with Crippen LogP contribution in [0.2, 0.25) is 0 Å². The molecule has 0 spiro atoms.